The molecule has 0 aliphatic carbocycles. The summed E-state index contributed by atoms with van der Waals surface area (Å²) in [5.74, 6) is 1.85. The summed E-state index contributed by atoms with van der Waals surface area (Å²) in [6.45, 7) is 5.17. The van der Waals surface area contributed by atoms with Crippen LogP contribution in [-0.4, -0.2) is 35.3 Å². The smallest absolute Gasteiger partial charge is 0.269 e. The molecule has 0 aromatic carbocycles. The maximum atomic E-state index is 12.5. The Morgan fingerprint density at radius 1 is 1.38 bits per heavy atom. The Balaban J connectivity index is 1.53. The molecule has 3 aromatic heterocycles. The zero-order valence-electron chi connectivity index (χ0n) is 13.7. The van der Waals surface area contributed by atoms with Crippen molar-refractivity contribution in [1.82, 2.24) is 34.7 Å². The minimum atomic E-state index is -0.146. The highest BCUT2D eigenvalue weighted by Gasteiger charge is 2.23. The summed E-state index contributed by atoms with van der Waals surface area (Å²) in [5, 5.41) is 15.4. The zero-order valence-corrected chi connectivity index (χ0v) is 13.7. The van der Waals surface area contributed by atoms with Crippen molar-refractivity contribution in [3.05, 3.63) is 41.4 Å². The van der Waals surface area contributed by atoms with Crippen molar-refractivity contribution in [2.45, 2.75) is 45.7 Å². The van der Waals surface area contributed by atoms with E-state index in [0.29, 0.717) is 23.1 Å². The Hall–Kier alpha value is -2.77. The Morgan fingerprint density at radius 2 is 2.25 bits per heavy atom. The molecule has 1 unspecified atom stereocenters. The second kappa shape index (κ2) is 5.70. The van der Waals surface area contributed by atoms with Crippen LogP contribution in [0, 0.1) is 6.92 Å². The van der Waals surface area contributed by atoms with Gasteiger partial charge < -0.3 is 9.88 Å². The molecule has 0 saturated heterocycles. The van der Waals surface area contributed by atoms with Crippen molar-refractivity contribution in [2.75, 3.05) is 0 Å². The number of carbonyl (C=O) groups is 1. The van der Waals surface area contributed by atoms with Gasteiger partial charge in [0.25, 0.3) is 5.91 Å². The van der Waals surface area contributed by atoms with Crippen molar-refractivity contribution in [1.29, 1.82) is 0 Å². The summed E-state index contributed by atoms with van der Waals surface area (Å²) in [7, 11) is 0. The minimum Gasteiger partial charge on any atom is -0.343 e. The summed E-state index contributed by atoms with van der Waals surface area (Å²) >= 11 is 0. The van der Waals surface area contributed by atoms with Crippen molar-refractivity contribution < 1.29 is 4.79 Å². The van der Waals surface area contributed by atoms with Gasteiger partial charge in [-0.25, -0.2) is 4.98 Å². The van der Waals surface area contributed by atoms with Crippen molar-refractivity contribution in [3.8, 4) is 0 Å². The number of nitrogens with one attached hydrogen (secondary N) is 1. The summed E-state index contributed by atoms with van der Waals surface area (Å²) in [4.78, 5) is 17.0. The highest BCUT2D eigenvalue weighted by Crippen LogP contribution is 2.26. The number of carbonyl (C=O) groups excluding carboxylic acids is 1. The van der Waals surface area contributed by atoms with Crippen molar-refractivity contribution in [2.24, 2.45) is 0 Å². The van der Waals surface area contributed by atoms with Gasteiger partial charge in [0.2, 0.25) is 0 Å². The van der Waals surface area contributed by atoms with Crippen LogP contribution in [0.3, 0.4) is 0 Å². The number of imidazole rings is 1. The lowest BCUT2D eigenvalue weighted by Crippen LogP contribution is -2.28. The van der Waals surface area contributed by atoms with E-state index in [1.54, 1.807) is 10.7 Å². The Labute approximate surface area is 138 Å². The van der Waals surface area contributed by atoms with Crippen LogP contribution in [0.5, 0.6) is 0 Å². The lowest BCUT2D eigenvalue weighted by Gasteiger charge is -2.21. The maximum Gasteiger partial charge on any atom is 0.269 e. The number of hydrogen-bond acceptors (Lipinski definition) is 5. The molecule has 0 saturated carbocycles. The SMILES string of the molecule is Cc1ccc2nnc(CNC(=O)c3cnc4n3CCCC4C)n2n1. The molecule has 0 bridgehead atoms. The predicted molar refractivity (Wildman–Crippen MR) is 86.6 cm³/mol. The summed E-state index contributed by atoms with van der Waals surface area (Å²) in [5.41, 5.74) is 2.14. The van der Waals surface area contributed by atoms with Gasteiger partial charge >= 0.3 is 0 Å². The normalized spacial score (nSPS) is 17.0. The Morgan fingerprint density at radius 3 is 3.12 bits per heavy atom. The van der Waals surface area contributed by atoms with Crippen LogP contribution in [0.2, 0.25) is 0 Å². The fraction of sp³-hybridized carbons (Fsp3) is 0.438. The predicted octanol–water partition coefficient (Wildman–Crippen LogP) is 1.46. The second-order valence-electron chi connectivity index (χ2n) is 6.24. The van der Waals surface area contributed by atoms with Gasteiger partial charge in [-0.15, -0.1) is 10.2 Å². The molecule has 1 aliphatic heterocycles. The van der Waals surface area contributed by atoms with E-state index >= 15 is 0 Å². The van der Waals surface area contributed by atoms with E-state index in [2.05, 4.69) is 32.5 Å². The van der Waals surface area contributed by atoms with Crippen molar-refractivity contribution >= 4 is 11.6 Å². The fourth-order valence-corrected chi connectivity index (χ4v) is 3.17. The summed E-state index contributed by atoms with van der Waals surface area (Å²) in [6, 6.07) is 3.74. The van der Waals surface area contributed by atoms with Gasteiger partial charge in [0, 0.05) is 12.5 Å². The number of rotatable bonds is 3. The quantitative estimate of drug-likeness (QED) is 0.787. The van der Waals surface area contributed by atoms with Gasteiger partial charge in [-0.1, -0.05) is 6.92 Å². The van der Waals surface area contributed by atoms with E-state index in [1.165, 1.54) is 0 Å². The third-order valence-electron chi connectivity index (χ3n) is 4.45. The summed E-state index contributed by atoms with van der Waals surface area (Å²) in [6.07, 6.45) is 3.86. The molecule has 4 rings (SSSR count). The first-order valence-electron chi connectivity index (χ1n) is 8.15. The van der Waals surface area contributed by atoms with E-state index in [1.807, 2.05) is 23.6 Å². The molecule has 4 heterocycles. The molecule has 0 radical (unpaired) electrons. The molecule has 124 valence electrons. The van der Waals surface area contributed by atoms with Crippen LogP contribution in [-0.2, 0) is 13.1 Å². The van der Waals surface area contributed by atoms with Crippen molar-refractivity contribution in [3.63, 3.8) is 0 Å². The number of nitrogens with zero attached hydrogens (tertiary/aromatic N) is 6. The Bertz CT molecular complexity index is 910. The molecule has 1 aliphatic rings. The molecule has 8 heteroatoms. The molecule has 1 amide bonds. The number of hydrogen-bond donors (Lipinski definition) is 1. The first-order chi connectivity index (χ1) is 11.6. The van der Waals surface area contributed by atoms with E-state index in [9.17, 15) is 4.79 Å². The molecular formula is C16H19N7O. The van der Waals surface area contributed by atoms with Gasteiger partial charge in [0.1, 0.15) is 11.5 Å². The van der Waals surface area contributed by atoms with Gasteiger partial charge in [-0.05, 0) is 31.9 Å². The highest BCUT2D eigenvalue weighted by atomic mass is 16.2. The van der Waals surface area contributed by atoms with Crippen LogP contribution in [0.15, 0.2) is 18.3 Å². The second-order valence-corrected chi connectivity index (χ2v) is 6.24. The molecule has 8 nitrogen and oxygen atoms in total. The van der Waals surface area contributed by atoms with Gasteiger partial charge in [-0.2, -0.15) is 9.61 Å². The fourth-order valence-electron chi connectivity index (χ4n) is 3.17. The van der Waals surface area contributed by atoms with Crippen LogP contribution < -0.4 is 5.32 Å². The lowest BCUT2D eigenvalue weighted by atomic mass is 10.0. The summed E-state index contributed by atoms with van der Waals surface area (Å²) < 4.78 is 3.68. The average molecular weight is 325 g/mol. The Kier molecular flexibility index (Phi) is 3.51. The lowest BCUT2D eigenvalue weighted by molar-refractivity contribution is 0.0939. The van der Waals surface area contributed by atoms with Gasteiger partial charge in [0.05, 0.1) is 18.4 Å². The van der Waals surface area contributed by atoms with Crippen LogP contribution >= 0.6 is 0 Å². The zero-order chi connectivity index (χ0) is 16.7. The molecule has 0 fully saturated rings. The molecule has 1 N–H and O–H groups in total. The van der Waals surface area contributed by atoms with Gasteiger partial charge in [0.15, 0.2) is 11.5 Å². The monoisotopic (exact) mass is 325 g/mol. The number of fused-ring (bicyclic) bond motifs is 2. The topological polar surface area (TPSA) is 90.0 Å². The molecule has 24 heavy (non-hydrogen) atoms. The van der Waals surface area contributed by atoms with Crippen LogP contribution in [0.25, 0.3) is 5.65 Å². The largest absolute Gasteiger partial charge is 0.343 e. The van der Waals surface area contributed by atoms with E-state index in [0.717, 1.165) is 30.9 Å². The maximum absolute atomic E-state index is 12.5. The van der Waals surface area contributed by atoms with E-state index < -0.39 is 0 Å². The minimum absolute atomic E-state index is 0.146. The number of aryl methyl sites for hydroxylation is 1. The van der Waals surface area contributed by atoms with Crippen LogP contribution in [0.4, 0.5) is 0 Å². The van der Waals surface area contributed by atoms with E-state index in [4.69, 9.17) is 0 Å². The number of amides is 1. The standard InChI is InChI=1S/C16H19N7O/c1-10-4-3-7-22-12(8-17-15(10)22)16(24)18-9-14-20-19-13-6-5-11(2)21-23(13)14/h5-6,8,10H,3-4,7,9H2,1-2H3,(H,18,24). The van der Waals surface area contributed by atoms with Crippen LogP contribution in [0.1, 0.15) is 53.5 Å². The average Bonchev–Trinajstić information content (AvgIpc) is 3.17. The van der Waals surface area contributed by atoms with Gasteiger partial charge in [-0.3, -0.25) is 4.79 Å². The first-order valence-corrected chi connectivity index (χ1v) is 8.15. The third kappa shape index (κ3) is 2.44. The van der Waals surface area contributed by atoms with E-state index in [-0.39, 0.29) is 12.5 Å². The molecule has 3 aromatic rings. The molecule has 0 spiro atoms. The first kappa shape index (κ1) is 14.8. The molecule has 1 atom stereocenters. The number of aromatic nitrogens is 6. The molecular weight excluding hydrogens is 306 g/mol. The highest BCUT2D eigenvalue weighted by molar-refractivity contribution is 5.92. The third-order valence-corrected chi connectivity index (χ3v) is 4.45.